The normalized spacial score (nSPS) is 10.8. The second kappa shape index (κ2) is 7.48. The van der Waals surface area contributed by atoms with Crippen LogP contribution in [0.5, 0.6) is 0 Å². The zero-order valence-corrected chi connectivity index (χ0v) is 14.9. The molecule has 2 aromatic carbocycles. The van der Waals surface area contributed by atoms with Gasteiger partial charge in [-0.15, -0.1) is 0 Å². The highest BCUT2D eigenvalue weighted by molar-refractivity contribution is 8.00. The summed E-state index contributed by atoms with van der Waals surface area (Å²) < 4.78 is 11.1. The quantitative estimate of drug-likeness (QED) is 0.295. The van der Waals surface area contributed by atoms with E-state index in [1.807, 2.05) is 24.3 Å². The van der Waals surface area contributed by atoms with E-state index in [2.05, 4.69) is 16.0 Å². The molecule has 0 amide bonds. The number of esters is 1. The van der Waals surface area contributed by atoms with E-state index in [4.69, 9.17) is 14.4 Å². The first kappa shape index (κ1) is 17.1. The molecule has 7 heteroatoms. The van der Waals surface area contributed by atoms with E-state index in [0.29, 0.717) is 21.7 Å². The maximum absolute atomic E-state index is 12.1. The van der Waals surface area contributed by atoms with Gasteiger partial charge in [0.15, 0.2) is 5.58 Å². The van der Waals surface area contributed by atoms with E-state index in [9.17, 15) is 4.79 Å². The lowest BCUT2D eigenvalue weighted by Gasteiger charge is -2.06. The highest BCUT2D eigenvalue weighted by Crippen LogP contribution is 2.32. The van der Waals surface area contributed by atoms with E-state index in [0.717, 1.165) is 16.5 Å². The summed E-state index contributed by atoms with van der Waals surface area (Å²) in [6.07, 6.45) is 1.46. The maximum atomic E-state index is 12.1. The van der Waals surface area contributed by atoms with E-state index in [-0.39, 0.29) is 12.4 Å². The Hall–Kier alpha value is -3.37. The van der Waals surface area contributed by atoms with Crippen molar-refractivity contribution in [2.75, 3.05) is 5.75 Å². The topological polar surface area (TPSA) is 89.0 Å². The molecule has 0 saturated heterocycles. The highest BCUT2D eigenvalue weighted by atomic mass is 32.2. The second-order valence-corrected chi connectivity index (χ2v) is 6.64. The molecule has 0 aliphatic heterocycles. The van der Waals surface area contributed by atoms with Crippen LogP contribution in [0.4, 0.5) is 0 Å². The molecule has 4 rings (SSSR count). The number of nitrogens with zero attached hydrogens (tertiary/aromatic N) is 3. The molecule has 0 bridgehead atoms. The smallest absolute Gasteiger partial charge is 0.316 e. The fraction of sp³-hybridized carbons (Fsp3) is 0.100. The Labute approximate surface area is 158 Å². The van der Waals surface area contributed by atoms with Crippen LogP contribution in [-0.2, 0) is 16.1 Å². The van der Waals surface area contributed by atoms with E-state index < -0.39 is 5.97 Å². The molecule has 0 N–H and O–H groups in total. The standard InChI is InChI=1S/C20H13N3O3S/c21-9-13-5-1-2-6-14(13)10-25-17(24)11-27-20-19-18(22-12-23-20)15-7-3-4-8-16(15)26-19/h1-8,12H,10-11H2. The largest absolute Gasteiger partial charge is 0.460 e. The van der Waals surface area contributed by atoms with Crippen LogP contribution in [0, 0.1) is 11.3 Å². The molecular weight excluding hydrogens is 362 g/mol. The summed E-state index contributed by atoms with van der Waals surface area (Å²) in [6.45, 7) is 0.0624. The predicted molar refractivity (Wildman–Crippen MR) is 101 cm³/mol. The van der Waals surface area contributed by atoms with Crippen LogP contribution >= 0.6 is 11.8 Å². The van der Waals surface area contributed by atoms with Crippen LogP contribution in [0.2, 0.25) is 0 Å². The number of para-hydroxylation sites is 1. The van der Waals surface area contributed by atoms with Crippen LogP contribution in [0.15, 0.2) is 64.3 Å². The zero-order chi connectivity index (χ0) is 18.6. The fourth-order valence-corrected chi connectivity index (χ4v) is 3.42. The van der Waals surface area contributed by atoms with Crippen molar-refractivity contribution in [1.29, 1.82) is 5.26 Å². The number of carbonyl (C=O) groups excluding carboxylic acids is 1. The molecule has 6 nitrogen and oxygen atoms in total. The number of ether oxygens (including phenoxy) is 1. The van der Waals surface area contributed by atoms with Crippen LogP contribution in [0.25, 0.3) is 22.1 Å². The van der Waals surface area contributed by atoms with Crippen LogP contribution in [0.1, 0.15) is 11.1 Å². The van der Waals surface area contributed by atoms with Crippen molar-refractivity contribution in [3.05, 3.63) is 66.0 Å². The molecule has 4 aromatic rings. The SMILES string of the molecule is N#Cc1ccccc1COC(=O)CSc1ncnc2c1oc1ccccc12. The molecule has 0 atom stereocenters. The van der Waals surface area contributed by atoms with Gasteiger partial charge in [0, 0.05) is 10.9 Å². The summed E-state index contributed by atoms with van der Waals surface area (Å²) in [7, 11) is 0. The molecule has 0 saturated carbocycles. The Balaban J connectivity index is 1.46. The fourth-order valence-electron chi connectivity index (χ4n) is 2.69. The van der Waals surface area contributed by atoms with Crippen molar-refractivity contribution < 1.29 is 13.9 Å². The molecule has 0 aliphatic carbocycles. The molecule has 0 spiro atoms. The Morgan fingerprint density at radius 3 is 2.85 bits per heavy atom. The summed E-state index contributed by atoms with van der Waals surface area (Å²) in [6, 6.07) is 16.7. The first-order chi connectivity index (χ1) is 13.3. The van der Waals surface area contributed by atoms with Crippen molar-refractivity contribution in [1.82, 2.24) is 9.97 Å². The Morgan fingerprint density at radius 1 is 1.15 bits per heavy atom. The Morgan fingerprint density at radius 2 is 1.96 bits per heavy atom. The number of benzene rings is 2. The number of rotatable bonds is 5. The summed E-state index contributed by atoms with van der Waals surface area (Å²) in [4.78, 5) is 20.6. The number of hydrogen-bond donors (Lipinski definition) is 0. The van der Waals surface area contributed by atoms with Crippen molar-refractivity contribution >= 4 is 39.8 Å². The third kappa shape index (κ3) is 3.48. The molecule has 0 fully saturated rings. The lowest BCUT2D eigenvalue weighted by atomic mass is 10.1. The number of nitriles is 1. The Kier molecular flexibility index (Phi) is 4.73. The van der Waals surface area contributed by atoms with E-state index in [1.54, 1.807) is 24.3 Å². The number of fused-ring (bicyclic) bond motifs is 3. The van der Waals surface area contributed by atoms with Crippen LogP contribution in [-0.4, -0.2) is 21.7 Å². The predicted octanol–water partition coefficient (Wildman–Crippen LogP) is 4.08. The number of thioether (sulfide) groups is 1. The number of aromatic nitrogens is 2. The number of carbonyl (C=O) groups is 1. The molecule has 0 aliphatic rings. The number of furan rings is 1. The maximum Gasteiger partial charge on any atom is 0.316 e. The first-order valence-corrected chi connectivity index (χ1v) is 9.13. The molecule has 132 valence electrons. The monoisotopic (exact) mass is 375 g/mol. The van der Waals surface area contributed by atoms with Gasteiger partial charge in [-0.1, -0.05) is 42.1 Å². The van der Waals surface area contributed by atoms with Crippen LogP contribution < -0.4 is 0 Å². The Bertz CT molecular complexity index is 1180. The summed E-state index contributed by atoms with van der Waals surface area (Å²) in [5.74, 6) is -0.312. The van der Waals surface area contributed by atoms with Gasteiger partial charge in [-0.05, 0) is 18.2 Å². The second-order valence-electron chi connectivity index (χ2n) is 5.67. The zero-order valence-electron chi connectivity index (χ0n) is 14.1. The average Bonchev–Trinajstić information content (AvgIpc) is 3.10. The van der Waals surface area contributed by atoms with Crippen LogP contribution in [0.3, 0.4) is 0 Å². The molecular formula is C20H13N3O3S. The summed E-state index contributed by atoms with van der Waals surface area (Å²) in [5.41, 5.74) is 3.19. The van der Waals surface area contributed by atoms with E-state index >= 15 is 0 Å². The highest BCUT2D eigenvalue weighted by Gasteiger charge is 2.15. The van der Waals surface area contributed by atoms with Crippen molar-refractivity contribution in [3.8, 4) is 6.07 Å². The molecule has 2 heterocycles. The van der Waals surface area contributed by atoms with Gasteiger partial charge >= 0.3 is 5.97 Å². The van der Waals surface area contributed by atoms with Gasteiger partial charge in [0.2, 0.25) is 0 Å². The molecule has 2 aromatic heterocycles. The van der Waals surface area contributed by atoms with Crippen molar-refractivity contribution in [2.45, 2.75) is 11.6 Å². The van der Waals surface area contributed by atoms with Gasteiger partial charge in [-0.2, -0.15) is 5.26 Å². The lowest BCUT2D eigenvalue weighted by molar-refractivity contribution is -0.141. The van der Waals surface area contributed by atoms with E-state index in [1.165, 1.54) is 18.1 Å². The third-order valence-corrected chi connectivity index (χ3v) is 4.92. The summed E-state index contributed by atoms with van der Waals surface area (Å²) in [5, 5.41) is 10.6. The van der Waals surface area contributed by atoms with Gasteiger partial charge in [0.25, 0.3) is 0 Å². The van der Waals surface area contributed by atoms with Crippen molar-refractivity contribution in [2.24, 2.45) is 0 Å². The van der Waals surface area contributed by atoms with Gasteiger partial charge in [0.05, 0.1) is 17.4 Å². The molecule has 27 heavy (non-hydrogen) atoms. The first-order valence-electron chi connectivity index (χ1n) is 8.15. The van der Waals surface area contributed by atoms with Gasteiger partial charge in [0.1, 0.15) is 29.1 Å². The minimum absolute atomic E-state index is 0.0624. The van der Waals surface area contributed by atoms with Gasteiger partial charge < -0.3 is 9.15 Å². The minimum Gasteiger partial charge on any atom is -0.460 e. The minimum atomic E-state index is -0.393. The van der Waals surface area contributed by atoms with Crippen molar-refractivity contribution in [3.63, 3.8) is 0 Å². The lowest BCUT2D eigenvalue weighted by Crippen LogP contribution is -2.08. The number of hydrogen-bond acceptors (Lipinski definition) is 7. The van der Waals surface area contributed by atoms with Gasteiger partial charge in [-0.25, -0.2) is 9.97 Å². The van der Waals surface area contributed by atoms with Gasteiger partial charge in [-0.3, -0.25) is 4.79 Å². The molecule has 0 unspecified atom stereocenters. The summed E-state index contributed by atoms with van der Waals surface area (Å²) >= 11 is 1.23. The third-order valence-electron chi connectivity index (χ3n) is 3.98. The average molecular weight is 375 g/mol. The molecule has 0 radical (unpaired) electrons.